The van der Waals surface area contributed by atoms with Crippen molar-refractivity contribution >= 4 is 21.6 Å². The fourth-order valence-electron chi connectivity index (χ4n) is 2.46. The number of primary amides is 1. The molecule has 1 heterocycles. The predicted octanol–water partition coefficient (Wildman–Crippen LogP) is 0.463. The Bertz CT molecular complexity index is 599. The Kier molecular flexibility index (Phi) is 4.01. The zero-order valence-corrected chi connectivity index (χ0v) is 12.2. The Hall–Kier alpha value is -1.60. The number of carbonyl (C=O) groups excluding carboxylic acids is 1. The van der Waals surface area contributed by atoms with E-state index in [-0.39, 0.29) is 16.7 Å². The third-order valence-electron chi connectivity index (χ3n) is 3.57. The first-order chi connectivity index (χ1) is 9.30. The van der Waals surface area contributed by atoms with Crippen LogP contribution in [-0.4, -0.2) is 31.7 Å². The van der Waals surface area contributed by atoms with Gasteiger partial charge in [0.1, 0.15) is 0 Å². The van der Waals surface area contributed by atoms with Gasteiger partial charge in [0.05, 0.1) is 4.90 Å². The van der Waals surface area contributed by atoms with Gasteiger partial charge in [0, 0.05) is 24.7 Å². The fourth-order valence-corrected chi connectivity index (χ4v) is 4.06. The normalized spacial score (nSPS) is 18.1. The van der Waals surface area contributed by atoms with E-state index >= 15 is 0 Å². The van der Waals surface area contributed by atoms with Crippen molar-refractivity contribution in [3.8, 4) is 0 Å². The van der Waals surface area contributed by atoms with E-state index in [2.05, 4.69) is 0 Å². The van der Waals surface area contributed by atoms with Crippen molar-refractivity contribution in [1.82, 2.24) is 4.31 Å². The Morgan fingerprint density at radius 2 is 1.85 bits per heavy atom. The Labute approximate surface area is 118 Å². The maximum atomic E-state index is 12.5. The molecule has 0 spiro atoms. The Morgan fingerprint density at radius 3 is 2.35 bits per heavy atom. The van der Waals surface area contributed by atoms with Crippen LogP contribution in [0.5, 0.6) is 0 Å². The number of nitrogens with two attached hydrogens (primary N) is 2. The number of amides is 1. The van der Waals surface area contributed by atoms with Crippen molar-refractivity contribution < 1.29 is 13.2 Å². The molecule has 0 radical (unpaired) electrons. The van der Waals surface area contributed by atoms with Gasteiger partial charge in [-0.3, -0.25) is 4.79 Å². The molecule has 2 rings (SSSR count). The lowest BCUT2D eigenvalue weighted by Gasteiger charge is -2.29. The first-order valence-corrected chi connectivity index (χ1v) is 7.91. The number of hydrogen-bond acceptors (Lipinski definition) is 4. The molecule has 1 aromatic rings. The highest BCUT2D eigenvalue weighted by molar-refractivity contribution is 7.89. The standard InChI is InChI=1S/C13H19N3O3S/c1-9-6-11(14)8-12(7-9)20(18,19)16-4-2-10(3-5-16)13(15)17/h6-8,10H,2-5,14H2,1H3,(H2,15,17). The number of aryl methyl sites for hydroxylation is 1. The molecule has 0 atom stereocenters. The van der Waals surface area contributed by atoms with Gasteiger partial charge in [0.25, 0.3) is 0 Å². The molecule has 7 heteroatoms. The second-order valence-electron chi connectivity index (χ2n) is 5.16. The molecule has 1 aliphatic heterocycles. The van der Waals surface area contributed by atoms with E-state index in [9.17, 15) is 13.2 Å². The maximum Gasteiger partial charge on any atom is 0.243 e. The lowest BCUT2D eigenvalue weighted by Crippen LogP contribution is -2.41. The molecule has 0 unspecified atom stereocenters. The summed E-state index contributed by atoms with van der Waals surface area (Å²) >= 11 is 0. The van der Waals surface area contributed by atoms with Crippen molar-refractivity contribution in [3.05, 3.63) is 23.8 Å². The van der Waals surface area contributed by atoms with E-state index in [1.807, 2.05) is 0 Å². The highest BCUT2D eigenvalue weighted by Crippen LogP contribution is 2.25. The average Bonchev–Trinajstić information content (AvgIpc) is 2.37. The molecule has 1 aliphatic rings. The van der Waals surface area contributed by atoms with Crippen LogP contribution in [0.15, 0.2) is 23.1 Å². The summed E-state index contributed by atoms with van der Waals surface area (Å²) in [5, 5.41) is 0. The summed E-state index contributed by atoms with van der Waals surface area (Å²) in [4.78, 5) is 11.3. The van der Waals surface area contributed by atoms with Crippen LogP contribution in [0.3, 0.4) is 0 Å². The van der Waals surface area contributed by atoms with E-state index in [4.69, 9.17) is 11.5 Å². The van der Waals surface area contributed by atoms with Gasteiger partial charge in [-0.1, -0.05) is 0 Å². The maximum absolute atomic E-state index is 12.5. The zero-order chi connectivity index (χ0) is 14.9. The summed E-state index contributed by atoms with van der Waals surface area (Å²) in [6.45, 7) is 2.42. The minimum atomic E-state index is -3.55. The van der Waals surface area contributed by atoms with Gasteiger partial charge >= 0.3 is 0 Å². The largest absolute Gasteiger partial charge is 0.399 e. The third kappa shape index (κ3) is 2.94. The van der Waals surface area contributed by atoms with E-state index in [0.717, 1.165) is 5.56 Å². The van der Waals surface area contributed by atoms with Crippen LogP contribution in [0.2, 0.25) is 0 Å². The summed E-state index contributed by atoms with van der Waals surface area (Å²) in [5.74, 6) is -0.592. The topological polar surface area (TPSA) is 106 Å². The van der Waals surface area contributed by atoms with Crippen LogP contribution in [0.1, 0.15) is 18.4 Å². The Morgan fingerprint density at radius 1 is 1.25 bits per heavy atom. The first kappa shape index (κ1) is 14.8. The number of nitrogens with zero attached hydrogens (tertiary/aromatic N) is 1. The molecule has 110 valence electrons. The second kappa shape index (κ2) is 5.41. The van der Waals surface area contributed by atoms with Crippen LogP contribution in [0.4, 0.5) is 5.69 Å². The average molecular weight is 297 g/mol. The third-order valence-corrected chi connectivity index (χ3v) is 5.44. The summed E-state index contributed by atoms with van der Waals surface area (Å²) in [5.41, 5.74) is 12.2. The SMILES string of the molecule is Cc1cc(N)cc(S(=O)(=O)N2CCC(C(N)=O)CC2)c1. The number of rotatable bonds is 3. The summed E-state index contributed by atoms with van der Waals surface area (Å²) < 4.78 is 26.4. The number of anilines is 1. The monoisotopic (exact) mass is 297 g/mol. The van der Waals surface area contributed by atoms with E-state index < -0.39 is 10.0 Å². The zero-order valence-electron chi connectivity index (χ0n) is 11.4. The highest BCUT2D eigenvalue weighted by Gasteiger charge is 2.31. The van der Waals surface area contributed by atoms with Crippen LogP contribution in [0, 0.1) is 12.8 Å². The quantitative estimate of drug-likeness (QED) is 0.790. The van der Waals surface area contributed by atoms with Gasteiger partial charge < -0.3 is 11.5 Å². The van der Waals surface area contributed by atoms with Gasteiger partial charge in [-0.15, -0.1) is 0 Å². The van der Waals surface area contributed by atoms with Crippen LogP contribution < -0.4 is 11.5 Å². The van der Waals surface area contributed by atoms with E-state index in [1.165, 1.54) is 10.4 Å². The van der Waals surface area contributed by atoms with Gasteiger partial charge in [-0.2, -0.15) is 4.31 Å². The van der Waals surface area contributed by atoms with Gasteiger partial charge in [0.2, 0.25) is 15.9 Å². The lowest BCUT2D eigenvalue weighted by molar-refractivity contribution is -0.122. The fraction of sp³-hybridized carbons (Fsp3) is 0.462. The molecule has 0 aromatic heterocycles. The van der Waals surface area contributed by atoms with Gasteiger partial charge in [0.15, 0.2) is 0 Å². The molecule has 0 saturated carbocycles. The van der Waals surface area contributed by atoms with Crippen molar-refractivity contribution in [2.45, 2.75) is 24.7 Å². The van der Waals surface area contributed by atoms with E-state index in [1.54, 1.807) is 19.1 Å². The molecule has 0 bridgehead atoms. The first-order valence-electron chi connectivity index (χ1n) is 6.47. The summed E-state index contributed by atoms with van der Waals surface area (Å²) in [6.07, 6.45) is 0.936. The number of sulfonamides is 1. The summed E-state index contributed by atoms with van der Waals surface area (Å²) in [6, 6.07) is 4.78. The number of nitrogen functional groups attached to an aromatic ring is 1. The van der Waals surface area contributed by atoms with Gasteiger partial charge in [-0.25, -0.2) is 8.42 Å². The number of piperidine rings is 1. The molecule has 1 fully saturated rings. The van der Waals surface area contributed by atoms with Crippen LogP contribution in [-0.2, 0) is 14.8 Å². The van der Waals surface area contributed by atoms with Crippen molar-refractivity contribution in [1.29, 1.82) is 0 Å². The van der Waals surface area contributed by atoms with Crippen molar-refractivity contribution in [2.24, 2.45) is 11.7 Å². The molecule has 1 saturated heterocycles. The molecular formula is C13H19N3O3S. The molecule has 6 nitrogen and oxygen atoms in total. The summed E-state index contributed by atoms with van der Waals surface area (Å²) in [7, 11) is -3.55. The number of benzene rings is 1. The number of carbonyl (C=O) groups is 1. The molecule has 4 N–H and O–H groups in total. The molecule has 1 amide bonds. The molecule has 20 heavy (non-hydrogen) atoms. The lowest BCUT2D eigenvalue weighted by atomic mass is 9.98. The van der Waals surface area contributed by atoms with Crippen molar-refractivity contribution in [3.63, 3.8) is 0 Å². The molecular weight excluding hydrogens is 278 g/mol. The second-order valence-corrected chi connectivity index (χ2v) is 7.10. The predicted molar refractivity (Wildman–Crippen MR) is 76.3 cm³/mol. The number of hydrogen-bond donors (Lipinski definition) is 2. The minimum absolute atomic E-state index is 0.201. The van der Waals surface area contributed by atoms with Crippen molar-refractivity contribution in [2.75, 3.05) is 18.8 Å². The van der Waals surface area contributed by atoms with E-state index in [0.29, 0.717) is 31.6 Å². The Balaban J connectivity index is 2.21. The highest BCUT2D eigenvalue weighted by atomic mass is 32.2. The van der Waals surface area contributed by atoms with Gasteiger partial charge in [-0.05, 0) is 43.5 Å². The smallest absolute Gasteiger partial charge is 0.243 e. The van der Waals surface area contributed by atoms with Crippen LogP contribution >= 0.6 is 0 Å². The minimum Gasteiger partial charge on any atom is -0.399 e. The van der Waals surface area contributed by atoms with Crippen LogP contribution in [0.25, 0.3) is 0 Å². The molecule has 1 aromatic carbocycles. The molecule has 0 aliphatic carbocycles.